The number of hydrogen-bond acceptors (Lipinski definition) is 6. The molecule has 0 unspecified atom stereocenters. The van der Waals surface area contributed by atoms with Gasteiger partial charge in [-0.2, -0.15) is 0 Å². The molecule has 0 aliphatic carbocycles. The van der Waals surface area contributed by atoms with Crippen molar-refractivity contribution >= 4 is 11.8 Å². The molecule has 1 aliphatic heterocycles. The van der Waals surface area contributed by atoms with Gasteiger partial charge in [-0.3, -0.25) is 9.59 Å². The Hall–Kier alpha value is -3.07. The number of aryl methyl sites for hydroxylation is 1. The number of amides is 2. The molecule has 3 rings (SSSR count). The van der Waals surface area contributed by atoms with E-state index in [1.807, 2.05) is 0 Å². The molecule has 9 nitrogen and oxygen atoms in total. The molecule has 9 heteroatoms. The Morgan fingerprint density at radius 2 is 2.14 bits per heavy atom. The molecule has 1 aromatic heterocycles. The summed E-state index contributed by atoms with van der Waals surface area (Å²) in [4.78, 5) is 31.7. The standard InChI is InChI=1S/C19H24N4O5/c1-26-13-6-5-12(10-14(13)27-2)17-18(28-11-16(24)23-17)19(25)22-7-3-4-15-20-8-9-21-15/h5-6,8-10,17-18H,3-4,7,11H2,1-2H3,(H,20,21)(H,22,25)(H,23,24)/t17-,18+/m1/s1. The van der Waals surface area contributed by atoms with Crippen LogP contribution in [0.3, 0.4) is 0 Å². The van der Waals surface area contributed by atoms with Crippen LogP contribution in [0.1, 0.15) is 23.9 Å². The SMILES string of the molecule is COc1ccc([C@H]2NC(=O)CO[C@@H]2C(=O)NCCCc2ncc[nH]2)cc1OC. The van der Waals surface area contributed by atoms with E-state index in [1.54, 1.807) is 37.7 Å². The zero-order chi connectivity index (χ0) is 19.9. The lowest BCUT2D eigenvalue weighted by Gasteiger charge is -2.32. The number of nitrogens with zero attached hydrogens (tertiary/aromatic N) is 1. The van der Waals surface area contributed by atoms with Gasteiger partial charge in [0.25, 0.3) is 5.91 Å². The average molecular weight is 388 g/mol. The Balaban J connectivity index is 1.66. The van der Waals surface area contributed by atoms with Crippen LogP contribution in [-0.2, 0) is 20.7 Å². The van der Waals surface area contributed by atoms with Crippen molar-refractivity contribution in [3.63, 3.8) is 0 Å². The van der Waals surface area contributed by atoms with Gasteiger partial charge in [-0.15, -0.1) is 0 Å². The summed E-state index contributed by atoms with van der Waals surface area (Å²) in [6, 6.07) is 4.62. The third-order valence-electron chi connectivity index (χ3n) is 4.48. The Labute approximate surface area is 162 Å². The minimum Gasteiger partial charge on any atom is -0.493 e. The number of carbonyl (C=O) groups is 2. The first-order valence-electron chi connectivity index (χ1n) is 9.01. The second-order valence-electron chi connectivity index (χ2n) is 6.32. The van der Waals surface area contributed by atoms with Crippen molar-refractivity contribution in [2.45, 2.75) is 25.0 Å². The fraction of sp³-hybridized carbons (Fsp3) is 0.421. The maximum atomic E-state index is 12.7. The normalized spacial score (nSPS) is 19.0. The molecule has 1 fully saturated rings. The van der Waals surface area contributed by atoms with Gasteiger partial charge in [0.1, 0.15) is 12.4 Å². The number of aromatic nitrogens is 2. The van der Waals surface area contributed by atoms with E-state index in [0.717, 1.165) is 18.7 Å². The molecule has 1 aliphatic rings. The van der Waals surface area contributed by atoms with Gasteiger partial charge in [-0.05, 0) is 24.1 Å². The van der Waals surface area contributed by atoms with Gasteiger partial charge >= 0.3 is 0 Å². The quantitative estimate of drug-likeness (QED) is 0.575. The molecule has 0 radical (unpaired) electrons. The van der Waals surface area contributed by atoms with E-state index in [1.165, 1.54) is 7.11 Å². The molecule has 1 aromatic carbocycles. The molecule has 2 amide bonds. The summed E-state index contributed by atoms with van der Waals surface area (Å²) in [6.45, 7) is 0.320. The summed E-state index contributed by atoms with van der Waals surface area (Å²) in [5.74, 6) is 1.39. The summed E-state index contributed by atoms with van der Waals surface area (Å²) in [5.41, 5.74) is 0.696. The van der Waals surface area contributed by atoms with Crippen molar-refractivity contribution in [2.24, 2.45) is 0 Å². The lowest BCUT2D eigenvalue weighted by Crippen LogP contribution is -2.52. The van der Waals surface area contributed by atoms with Crippen molar-refractivity contribution in [1.29, 1.82) is 0 Å². The summed E-state index contributed by atoms with van der Waals surface area (Å²) < 4.78 is 16.1. The first-order chi connectivity index (χ1) is 13.6. The lowest BCUT2D eigenvalue weighted by molar-refractivity contribution is -0.148. The minimum absolute atomic E-state index is 0.158. The van der Waals surface area contributed by atoms with Crippen molar-refractivity contribution in [3.05, 3.63) is 42.0 Å². The molecule has 1 saturated heterocycles. The lowest BCUT2D eigenvalue weighted by atomic mass is 9.98. The predicted molar refractivity (Wildman–Crippen MR) is 100 cm³/mol. The number of benzene rings is 1. The van der Waals surface area contributed by atoms with Crippen LogP contribution in [0.5, 0.6) is 11.5 Å². The molecule has 150 valence electrons. The number of methoxy groups -OCH3 is 2. The van der Waals surface area contributed by atoms with Gasteiger partial charge in [0, 0.05) is 25.4 Å². The van der Waals surface area contributed by atoms with E-state index < -0.39 is 12.1 Å². The highest BCUT2D eigenvalue weighted by molar-refractivity contribution is 5.86. The summed E-state index contributed by atoms with van der Waals surface area (Å²) in [7, 11) is 3.07. The molecule has 0 saturated carbocycles. The zero-order valence-corrected chi connectivity index (χ0v) is 15.9. The van der Waals surface area contributed by atoms with Gasteiger partial charge < -0.3 is 29.8 Å². The van der Waals surface area contributed by atoms with E-state index in [9.17, 15) is 9.59 Å². The number of nitrogens with one attached hydrogen (secondary N) is 3. The summed E-state index contributed by atoms with van der Waals surface area (Å²) in [5, 5.41) is 5.70. The maximum Gasteiger partial charge on any atom is 0.251 e. The van der Waals surface area contributed by atoms with Crippen molar-refractivity contribution in [2.75, 3.05) is 27.4 Å². The van der Waals surface area contributed by atoms with Crippen LogP contribution < -0.4 is 20.1 Å². The van der Waals surface area contributed by atoms with E-state index in [2.05, 4.69) is 20.6 Å². The van der Waals surface area contributed by atoms with Gasteiger partial charge in [0.2, 0.25) is 5.91 Å². The molecule has 2 aromatic rings. The summed E-state index contributed by atoms with van der Waals surface area (Å²) >= 11 is 0. The highest BCUT2D eigenvalue weighted by atomic mass is 16.5. The van der Waals surface area contributed by atoms with Crippen LogP contribution in [0.25, 0.3) is 0 Å². The number of carbonyl (C=O) groups excluding carboxylic acids is 2. The molecule has 0 spiro atoms. The second-order valence-corrected chi connectivity index (χ2v) is 6.32. The number of ether oxygens (including phenoxy) is 3. The highest BCUT2D eigenvalue weighted by Crippen LogP contribution is 2.32. The average Bonchev–Trinajstić information content (AvgIpc) is 3.24. The number of H-pyrrole nitrogens is 1. The smallest absolute Gasteiger partial charge is 0.251 e. The Morgan fingerprint density at radius 3 is 2.86 bits per heavy atom. The third kappa shape index (κ3) is 4.61. The molecular weight excluding hydrogens is 364 g/mol. The molecule has 2 heterocycles. The van der Waals surface area contributed by atoms with E-state index in [-0.39, 0.29) is 18.4 Å². The first-order valence-corrected chi connectivity index (χ1v) is 9.01. The molecular formula is C19H24N4O5. The molecule has 2 atom stereocenters. The maximum absolute atomic E-state index is 12.7. The molecule has 0 bridgehead atoms. The number of hydrogen-bond donors (Lipinski definition) is 3. The van der Waals surface area contributed by atoms with E-state index in [0.29, 0.717) is 23.6 Å². The van der Waals surface area contributed by atoms with E-state index >= 15 is 0 Å². The largest absolute Gasteiger partial charge is 0.493 e. The molecule has 28 heavy (non-hydrogen) atoms. The number of imidazole rings is 1. The Kier molecular flexibility index (Phi) is 6.49. The van der Waals surface area contributed by atoms with Crippen molar-refractivity contribution < 1.29 is 23.8 Å². The van der Waals surface area contributed by atoms with Crippen LogP contribution in [0.15, 0.2) is 30.6 Å². The van der Waals surface area contributed by atoms with Crippen molar-refractivity contribution in [3.8, 4) is 11.5 Å². The van der Waals surface area contributed by atoms with Gasteiger partial charge in [-0.25, -0.2) is 4.98 Å². The van der Waals surface area contributed by atoms with Gasteiger partial charge in [0.15, 0.2) is 17.6 Å². The fourth-order valence-electron chi connectivity index (χ4n) is 3.09. The topological polar surface area (TPSA) is 115 Å². The Morgan fingerprint density at radius 1 is 1.32 bits per heavy atom. The second kappa shape index (κ2) is 9.23. The third-order valence-corrected chi connectivity index (χ3v) is 4.48. The van der Waals surface area contributed by atoms with E-state index in [4.69, 9.17) is 14.2 Å². The molecule has 3 N–H and O–H groups in total. The minimum atomic E-state index is -0.834. The van der Waals surface area contributed by atoms with Crippen LogP contribution in [-0.4, -0.2) is 55.3 Å². The van der Waals surface area contributed by atoms with Crippen LogP contribution in [0.4, 0.5) is 0 Å². The van der Waals surface area contributed by atoms with Crippen molar-refractivity contribution in [1.82, 2.24) is 20.6 Å². The van der Waals surface area contributed by atoms with Crippen LogP contribution >= 0.6 is 0 Å². The van der Waals surface area contributed by atoms with Gasteiger partial charge in [0.05, 0.1) is 20.3 Å². The number of morpholine rings is 1. The fourth-order valence-corrected chi connectivity index (χ4v) is 3.09. The monoisotopic (exact) mass is 388 g/mol. The van der Waals surface area contributed by atoms with Crippen LogP contribution in [0, 0.1) is 0 Å². The number of aromatic amines is 1. The summed E-state index contributed by atoms with van der Waals surface area (Å²) in [6.07, 6.45) is 4.09. The number of rotatable bonds is 8. The first kappa shape index (κ1) is 19.7. The zero-order valence-electron chi connectivity index (χ0n) is 15.9. The van der Waals surface area contributed by atoms with Crippen LogP contribution in [0.2, 0.25) is 0 Å². The van der Waals surface area contributed by atoms with Gasteiger partial charge in [-0.1, -0.05) is 6.07 Å². The predicted octanol–water partition coefficient (Wildman–Crippen LogP) is 0.732. The highest BCUT2D eigenvalue weighted by Gasteiger charge is 2.36. The Bertz CT molecular complexity index is 809.